The zero-order valence-corrected chi connectivity index (χ0v) is 12.7. The lowest BCUT2D eigenvalue weighted by Gasteiger charge is -2.03. The maximum Gasteiger partial charge on any atom is 0.206 e. The van der Waals surface area contributed by atoms with Crippen LogP contribution in [0.3, 0.4) is 0 Å². The van der Waals surface area contributed by atoms with Crippen LogP contribution in [0.4, 0.5) is 5.13 Å². The Morgan fingerprint density at radius 3 is 2.56 bits per heavy atom. The van der Waals surface area contributed by atoms with Gasteiger partial charge in [0.25, 0.3) is 0 Å². The van der Waals surface area contributed by atoms with Crippen molar-refractivity contribution < 1.29 is 0 Å². The fourth-order valence-corrected chi connectivity index (χ4v) is 3.04. The van der Waals surface area contributed by atoms with Gasteiger partial charge in [0.1, 0.15) is 0 Å². The standard InChI is InChI=1S/C12H18N4S2/c1-7(2)5-14-12-16-15-11(18-12)9-6-13-10(17-9)8(3)4/h6-8H,5H2,1-4H3,(H,14,16). The van der Waals surface area contributed by atoms with E-state index in [9.17, 15) is 0 Å². The third kappa shape index (κ3) is 3.26. The summed E-state index contributed by atoms with van der Waals surface area (Å²) in [5, 5.41) is 14.6. The normalized spacial score (nSPS) is 11.4. The van der Waals surface area contributed by atoms with Crippen LogP contribution in [0.5, 0.6) is 0 Å². The van der Waals surface area contributed by atoms with Crippen molar-refractivity contribution in [1.29, 1.82) is 0 Å². The highest BCUT2D eigenvalue weighted by Gasteiger charge is 2.12. The average molecular weight is 282 g/mol. The summed E-state index contributed by atoms with van der Waals surface area (Å²) in [5.41, 5.74) is 0. The second-order valence-corrected chi connectivity index (χ2v) is 6.94. The molecular formula is C12H18N4S2. The van der Waals surface area contributed by atoms with Crippen molar-refractivity contribution in [3.63, 3.8) is 0 Å². The lowest BCUT2D eigenvalue weighted by Crippen LogP contribution is -2.07. The first-order valence-electron chi connectivity index (χ1n) is 6.09. The molecule has 0 bridgehead atoms. The second kappa shape index (κ2) is 5.75. The van der Waals surface area contributed by atoms with Crippen LogP contribution in [0.15, 0.2) is 6.20 Å². The van der Waals surface area contributed by atoms with Crippen LogP contribution in [0, 0.1) is 5.92 Å². The van der Waals surface area contributed by atoms with Gasteiger partial charge in [-0.3, -0.25) is 0 Å². The first kappa shape index (κ1) is 13.4. The third-order valence-corrected chi connectivity index (χ3v) is 4.66. The van der Waals surface area contributed by atoms with Gasteiger partial charge < -0.3 is 5.32 Å². The van der Waals surface area contributed by atoms with Gasteiger partial charge in [-0.1, -0.05) is 39.0 Å². The van der Waals surface area contributed by atoms with E-state index < -0.39 is 0 Å². The quantitative estimate of drug-likeness (QED) is 0.905. The van der Waals surface area contributed by atoms with E-state index >= 15 is 0 Å². The lowest BCUT2D eigenvalue weighted by molar-refractivity contribution is 0.687. The summed E-state index contributed by atoms with van der Waals surface area (Å²) in [6.07, 6.45) is 1.90. The van der Waals surface area contributed by atoms with E-state index in [-0.39, 0.29) is 0 Å². The molecule has 0 radical (unpaired) electrons. The van der Waals surface area contributed by atoms with Crippen molar-refractivity contribution in [2.24, 2.45) is 5.92 Å². The number of rotatable bonds is 5. The van der Waals surface area contributed by atoms with E-state index in [1.807, 2.05) is 6.20 Å². The van der Waals surface area contributed by atoms with E-state index in [2.05, 4.69) is 48.2 Å². The van der Waals surface area contributed by atoms with Gasteiger partial charge >= 0.3 is 0 Å². The molecule has 98 valence electrons. The molecule has 6 heteroatoms. The monoisotopic (exact) mass is 282 g/mol. The molecule has 0 spiro atoms. The van der Waals surface area contributed by atoms with E-state index in [4.69, 9.17) is 0 Å². The van der Waals surface area contributed by atoms with Crippen molar-refractivity contribution >= 4 is 27.8 Å². The zero-order chi connectivity index (χ0) is 13.1. The van der Waals surface area contributed by atoms with Gasteiger partial charge in [-0.05, 0) is 5.92 Å². The van der Waals surface area contributed by atoms with Gasteiger partial charge in [-0.15, -0.1) is 21.5 Å². The number of nitrogens with zero attached hydrogens (tertiary/aromatic N) is 3. The van der Waals surface area contributed by atoms with Crippen LogP contribution < -0.4 is 5.32 Å². The molecule has 1 N–H and O–H groups in total. The molecule has 18 heavy (non-hydrogen) atoms. The molecular weight excluding hydrogens is 264 g/mol. The van der Waals surface area contributed by atoms with Crippen LogP contribution in [0.2, 0.25) is 0 Å². The number of hydrogen-bond acceptors (Lipinski definition) is 6. The Morgan fingerprint density at radius 2 is 1.94 bits per heavy atom. The van der Waals surface area contributed by atoms with Crippen molar-refractivity contribution in [2.45, 2.75) is 33.6 Å². The molecule has 0 fully saturated rings. The van der Waals surface area contributed by atoms with Gasteiger partial charge in [0.15, 0.2) is 5.01 Å². The van der Waals surface area contributed by atoms with Crippen molar-refractivity contribution in [3.05, 3.63) is 11.2 Å². The summed E-state index contributed by atoms with van der Waals surface area (Å²) in [4.78, 5) is 5.52. The van der Waals surface area contributed by atoms with Crippen LogP contribution in [0.25, 0.3) is 9.88 Å². The smallest absolute Gasteiger partial charge is 0.206 e. The predicted molar refractivity (Wildman–Crippen MR) is 78.4 cm³/mol. The van der Waals surface area contributed by atoms with Crippen LogP contribution in [-0.2, 0) is 0 Å². The Balaban J connectivity index is 2.08. The van der Waals surface area contributed by atoms with E-state index in [1.54, 1.807) is 22.7 Å². The first-order valence-corrected chi connectivity index (χ1v) is 7.73. The molecule has 0 amide bonds. The Hall–Kier alpha value is -1.01. The summed E-state index contributed by atoms with van der Waals surface area (Å²) in [5.74, 6) is 1.07. The van der Waals surface area contributed by atoms with Crippen molar-refractivity contribution in [3.8, 4) is 9.88 Å². The SMILES string of the molecule is CC(C)CNc1nnc(-c2cnc(C(C)C)s2)s1. The number of aromatic nitrogens is 3. The largest absolute Gasteiger partial charge is 0.360 e. The molecule has 0 saturated carbocycles. The second-order valence-electron chi connectivity index (χ2n) is 4.90. The van der Waals surface area contributed by atoms with Gasteiger partial charge in [0.2, 0.25) is 5.13 Å². The Labute approximate surface area is 116 Å². The van der Waals surface area contributed by atoms with Gasteiger partial charge in [-0.2, -0.15) is 0 Å². The van der Waals surface area contributed by atoms with Crippen molar-refractivity contribution in [2.75, 3.05) is 11.9 Å². The van der Waals surface area contributed by atoms with Gasteiger partial charge in [0, 0.05) is 18.7 Å². The minimum atomic E-state index is 0.468. The summed E-state index contributed by atoms with van der Waals surface area (Å²) < 4.78 is 0. The number of thiazole rings is 1. The fourth-order valence-electron chi connectivity index (χ4n) is 1.34. The molecule has 2 heterocycles. The maximum atomic E-state index is 4.41. The molecule has 0 atom stereocenters. The topological polar surface area (TPSA) is 50.7 Å². The Morgan fingerprint density at radius 1 is 1.17 bits per heavy atom. The van der Waals surface area contributed by atoms with Crippen molar-refractivity contribution in [1.82, 2.24) is 15.2 Å². The fraction of sp³-hybridized carbons (Fsp3) is 0.583. The predicted octanol–water partition coefficient (Wildman–Crippen LogP) is 3.85. The van der Waals surface area contributed by atoms with Gasteiger partial charge in [0.05, 0.1) is 9.88 Å². The van der Waals surface area contributed by atoms with Gasteiger partial charge in [-0.25, -0.2) is 4.98 Å². The van der Waals surface area contributed by atoms with E-state index in [1.165, 1.54) is 0 Å². The molecule has 2 aromatic heterocycles. The molecule has 0 saturated heterocycles. The average Bonchev–Trinajstić information content (AvgIpc) is 2.95. The molecule has 0 aliphatic heterocycles. The number of anilines is 1. The Kier molecular flexibility index (Phi) is 4.29. The molecule has 0 aliphatic carbocycles. The first-order chi connectivity index (χ1) is 8.56. The zero-order valence-electron chi connectivity index (χ0n) is 11.1. The lowest BCUT2D eigenvalue weighted by atomic mass is 10.2. The third-order valence-electron chi connectivity index (χ3n) is 2.31. The van der Waals surface area contributed by atoms with Crippen LogP contribution >= 0.6 is 22.7 Å². The molecule has 2 rings (SSSR count). The highest BCUT2D eigenvalue weighted by atomic mass is 32.1. The summed E-state index contributed by atoms with van der Waals surface area (Å²) in [6, 6.07) is 0. The summed E-state index contributed by atoms with van der Waals surface area (Å²) in [6.45, 7) is 9.57. The minimum Gasteiger partial charge on any atom is -0.360 e. The number of nitrogens with one attached hydrogen (secondary N) is 1. The molecule has 4 nitrogen and oxygen atoms in total. The minimum absolute atomic E-state index is 0.468. The molecule has 0 aromatic carbocycles. The molecule has 0 unspecified atom stereocenters. The van der Waals surface area contributed by atoms with Crippen LogP contribution in [-0.4, -0.2) is 21.7 Å². The van der Waals surface area contributed by atoms with E-state index in [0.29, 0.717) is 11.8 Å². The number of hydrogen-bond donors (Lipinski definition) is 1. The summed E-state index contributed by atoms with van der Waals surface area (Å²) >= 11 is 3.29. The maximum absolute atomic E-state index is 4.41. The summed E-state index contributed by atoms with van der Waals surface area (Å²) in [7, 11) is 0. The Bertz CT molecular complexity index is 502. The highest BCUT2D eigenvalue weighted by molar-refractivity contribution is 7.23. The molecule has 0 aliphatic rings. The highest BCUT2D eigenvalue weighted by Crippen LogP contribution is 2.32. The van der Waals surface area contributed by atoms with Crippen LogP contribution in [0.1, 0.15) is 38.6 Å². The molecule has 2 aromatic rings. The van der Waals surface area contributed by atoms with E-state index in [0.717, 1.165) is 26.6 Å².